The third kappa shape index (κ3) is 2.79. The molecule has 2 aliphatic heterocycles. The standard InChI is InChI=1S/C13H24O6/c1-4-5-6-16-10-9-11(18-12(2,3)17-9)19-13(10,7-14)8-15/h9-11,14-15H,4-8H2,1-3H3/t9-,10+,11+/m1/s1. The van der Waals surface area contributed by atoms with E-state index in [0.717, 1.165) is 12.8 Å². The lowest BCUT2D eigenvalue weighted by Crippen LogP contribution is -2.52. The monoisotopic (exact) mass is 276 g/mol. The summed E-state index contributed by atoms with van der Waals surface area (Å²) in [6, 6.07) is 0. The van der Waals surface area contributed by atoms with Crippen molar-refractivity contribution in [1.82, 2.24) is 0 Å². The summed E-state index contributed by atoms with van der Waals surface area (Å²) in [7, 11) is 0. The van der Waals surface area contributed by atoms with Gasteiger partial charge in [-0.05, 0) is 20.3 Å². The van der Waals surface area contributed by atoms with Crippen LogP contribution in [0.15, 0.2) is 0 Å². The normalized spacial score (nSPS) is 35.5. The van der Waals surface area contributed by atoms with Crippen LogP contribution in [0.1, 0.15) is 33.6 Å². The molecule has 0 unspecified atom stereocenters. The summed E-state index contributed by atoms with van der Waals surface area (Å²) in [5.41, 5.74) is -1.15. The van der Waals surface area contributed by atoms with Gasteiger partial charge >= 0.3 is 0 Å². The number of hydrogen-bond acceptors (Lipinski definition) is 6. The highest BCUT2D eigenvalue weighted by Crippen LogP contribution is 2.43. The topological polar surface area (TPSA) is 77.4 Å². The van der Waals surface area contributed by atoms with E-state index in [2.05, 4.69) is 6.92 Å². The zero-order valence-corrected chi connectivity index (χ0v) is 11.8. The molecule has 0 aromatic rings. The summed E-state index contributed by atoms with van der Waals surface area (Å²) >= 11 is 0. The minimum atomic E-state index is -1.15. The third-order valence-electron chi connectivity index (χ3n) is 3.59. The molecule has 2 aliphatic rings. The zero-order chi connectivity index (χ0) is 14.1. The SMILES string of the molecule is CCCCO[C@H]1[C@H]2OC(C)(C)O[C@H]2OC1(CO)CO. The van der Waals surface area contributed by atoms with Crippen molar-refractivity contribution in [2.75, 3.05) is 19.8 Å². The van der Waals surface area contributed by atoms with Gasteiger partial charge in [-0.2, -0.15) is 0 Å². The van der Waals surface area contributed by atoms with Crippen LogP contribution in [-0.2, 0) is 18.9 Å². The van der Waals surface area contributed by atoms with E-state index < -0.39 is 29.9 Å². The van der Waals surface area contributed by atoms with E-state index >= 15 is 0 Å². The maximum absolute atomic E-state index is 9.55. The first kappa shape index (κ1) is 15.2. The van der Waals surface area contributed by atoms with E-state index in [-0.39, 0.29) is 13.2 Å². The molecular weight excluding hydrogens is 252 g/mol. The highest BCUT2D eigenvalue weighted by molar-refractivity contribution is 5.04. The Morgan fingerprint density at radius 2 is 1.79 bits per heavy atom. The summed E-state index contributed by atoms with van der Waals surface area (Å²) in [6.45, 7) is 5.55. The summed E-state index contributed by atoms with van der Waals surface area (Å²) in [5, 5.41) is 19.1. The largest absolute Gasteiger partial charge is 0.393 e. The van der Waals surface area contributed by atoms with Crippen LogP contribution in [-0.4, -0.2) is 59.9 Å². The molecule has 0 radical (unpaired) electrons. The molecular formula is C13H24O6. The van der Waals surface area contributed by atoms with E-state index in [4.69, 9.17) is 18.9 Å². The lowest BCUT2D eigenvalue weighted by atomic mass is 9.97. The molecule has 0 aromatic carbocycles. The Morgan fingerprint density at radius 1 is 1.11 bits per heavy atom. The number of fused-ring (bicyclic) bond motifs is 1. The van der Waals surface area contributed by atoms with Gasteiger partial charge in [0, 0.05) is 6.61 Å². The van der Waals surface area contributed by atoms with Gasteiger partial charge in [0.1, 0.15) is 17.8 Å². The Hall–Kier alpha value is -0.240. The van der Waals surface area contributed by atoms with Crippen LogP contribution in [0.3, 0.4) is 0 Å². The van der Waals surface area contributed by atoms with Gasteiger partial charge in [0.2, 0.25) is 0 Å². The maximum atomic E-state index is 9.55. The van der Waals surface area contributed by atoms with Crippen LogP contribution in [0, 0.1) is 0 Å². The summed E-state index contributed by atoms with van der Waals surface area (Å²) < 4.78 is 22.9. The van der Waals surface area contributed by atoms with Crippen molar-refractivity contribution in [3.63, 3.8) is 0 Å². The number of rotatable bonds is 6. The molecule has 112 valence electrons. The lowest BCUT2D eigenvalue weighted by molar-refractivity contribution is -0.257. The fourth-order valence-corrected chi connectivity index (χ4v) is 2.56. The van der Waals surface area contributed by atoms with Crippen LogP contribution < -0.4 is 0 Å². The maximum Gasteiger partial charge on any atom is 0.190 e. The molecule has 0 saturated carbocycles. The molecule has 0 aromatic heterocycles. The van der Waals surface area contributed by atoms with Crippen LogP contribution in [0.4, 0.5) is 0 Å². The van der Waals surface area contributed by atoms with E-state index in [1.165, 1.54) is 0 Å². The Labute approximate surface area is 113 Å². The van der Waals surface area contributed by atoms with Gasteiger partial charge in [0.05, 0.1) is 13.2 Å². The van der Waals surface area contributed by atoms with Gasteiger partial charge in [-0.3, -0.25) is 0 Å². The van der Waals surface area contributed by atoms with Gasteiger partial charge in [0.15, 0.2) is 12.1 Å². The first-order valence-electron chi connectivity index (χ1n) is 6.85. The van der Waals surface area contributed by atoms with Crippen molar-refractivity contribution in [3.8, 4) is 0 Å². The van der Waals surface area contributed by atoms with Crippen LogP contribution in [0.25, 0.3) is 0 Å². The van der Waals surface area contributed by atoms with E-state index in [9.17, 15) is 10.2 Å². The molecule has 2 fully saturated rings. The fraction of sp³-hybridized carbons (Fsp3) is 1.00. The molecule has 19 heavy (non-hydrogen) atoms. The second-order valence-corrected chi connectivity index (χ2v) is 5.61. The average molecular weight is 276 g/mol. The predicted molar refractivity (Wildman–Crippen MR) is 66.5 cm³/mol. The zero-order valence-electron chi connectivity index (χ0n) is 11.8. The first-order valence-corrected chi connectivity index (χ1v) is 6.85. The van der Waals surface area contributed by atoms with Crippen LogP contribution >= 0.6 is 0 Å². The van der Waals surface area contributed by atoms with Crippen molar-refractivity contribution in [1.29, 1.82) is 0 Å². The minimum Gasteiger partial charge on any atom is -0.393 e. The molecule has 2 heterocycles. The third-order valence-corrected chi connectivity index (χ3v) is 3.59. The van der Waals surface area contributed by atoms with Crippen molar-refractivity contribution >= 4 is 0 Å². The molecule has 0 aliphatic carbocycles. The van der Waals surface area contributed by atoms with Gasteiger partial charge in [-0.15, -0.1) is 0 Å². The van der Waals surface area contributed by atoms with E-state index in [1.54, 1.807) is 13.8 Å². The number of ether oxygens (including phenoxy) is 4. The molecule has 6 nitrogen and oxygen atoms in total. The average Bonchev–Trinajstić information content (AvgIpc) is 2.80. The quantitative estimate of drug-likeness (QED) is 0.684. The Bertz CT molecular complexity index is 302. The highest BCUT2D eigenvalue weighted by atomic mass is 16.8. The van der Waals surface area contributed by atoms with Crippen LogP contribution in [0.5, 0.6) is 0 Å². The summed E-state index contributed by atoms with van der Waals surface area (Å²) in [5.74, 6) is -0.737. The summed E-state index contributed by atoms with van der Waals surface area (Å²) in [6.07, 6.45) is 0.355. The van der Waals surface area contributed by atoms with Gasteiger partial charge in [-0.1, -0.05) is 13.3 Å². The van der Waals surface area contributed by atoms with Crippen LogP contribution in [0.2, 0.25) is 0 Å². The second-order valence-electron chi connectivity index (χ2n) is 5.61. The smallest absolute Gasteiger partial charge is 0.190 e. The molecule has 2 rings (SSSR count). The van der Waals surface area contributed by atoms with E-state index in [0.29, 0.717) is 6.61 Å². The first-order chi connectivity index (χ1) is 8.98. The second kappa shape index (κ2) is 5.63. The Balaban J connectivity index is 2.11. The summed E-state index contributed by atoms with van der Waals surface area (Å²) in [4.78, 5) is 0. The number of hydrogen-bond donors (Lipinski definition) is 2. The number of unbranched alkanes of at least 4 members (excludes halogenated alkanes) is 1. The molecule has 2 N–H and O–H groups in total. The molecule has 0 bridgehead atoms. The Kier molecular flexibility index (Phi) is 4.49. The minimum absolute atomic E-state index is 0.333. The molecule has 3 atom stereocenters. The Morgan fingerprint density at radius 3 is 2.37 bits per heavy atom. The molecule has 0 spiro atoms. The predicted octanol–water partition coefficient (Wildman–Crippen LogP) is 0.403. The number of aliphatic hydroxyl groups is 2. The van der Waals surface area contributed by atoms with Gasteiger partial charge in [0.25, 0.3) is 0 Å². The van der Waals surface area contributed by atoms with Crippen molar-refractivity contribution in [2.24, 2.45) is 0 Å². The van der Waals surface area contributed by atoms with E-state index in [1.807, 2.05) is 0 Å². The highest BCUT2D eigenvalue weighted by Gasteiger charge is 2.62. The van der Waals surface area contributed by atoms with Crippen molar-refractivity contribution in [2.45, 2.75) is 63.5 Å². The van der Waals surface area contributed by atoms with Crippen molar-refractivity contribution in [3.05, 3.63) is 0 Å². The fourth-order valence-electron chi connectivity index (χ4n) is 2.56. The number of aliphatic hydroxyl groups excluding tert-OH is 2. The van der Waals surface area contributed by atoms with Gasteiger partial charge < -0.3 is 29.2 Å². The molecule has 0 amide bonds. The molecule has 2 saturated heterocycles. The van der Waals surface area contributed by atoms with Crippen molar-refractivity contribution < 1.29 is 29.2 Å². The molecule has 6 heteroatoms. The lowest BCUT2D eigenvalue weighted by Gasteiger charge is -2.33. The van der Waals surface area contributed by atoms with Gasteiger partial charge in [-0.25, -0.2) is 0 Å².